The number of hydrogen-bond donors (Lipinski definition) is 2. The lowest BCUT2D eigenvalue weighted by Crippen LogP contribution is -2.41. The third-order valence-corrected chi connectivity index (χ3v) is 5.70. The van der Waals surface area contributed by atoms with Crippen LogP contribution in [0.3, 0.4) is 0 Å². The molecule has 0 radical (unpaired) electrons. The Morgan fingerprint density at radius 2 is 1.94 bits per heavy atom. The zero-order chi connectivity index (χ0) is 22.2. The molecule has 2 aromatic carbocycles. The van der Waals surface area contributed by atoms with Crippen LogP contribution in [0.2, 0.25) is 0 Å². The number of benzene rings is 2. The van der Waals surface area contributed by atoms with E-state index in [2.05, 4.69) is 5.32 Å². The summed E-state index contributed by atoms with van der Waals surface area (Å²) in [6.07, 6.45) is -3.21. The molecule has 2 aliphatic heterocycles. The quantitative estimate of drug-likeness (QED) is 0.773. The van der Waals surface area contributed by atoms with Crippen molar-refractivity contribution in [2.75, 3.05) is 25.1 Å². The van der Waals surface area contributed by atoms with Gasteiger partial charge in [0, 0.05) is 24.7 Å². The number of rotatable bonds is 4. The molecule has 2 aromatic rings. The normalized spacial score (nSPS) is 21.5. The molecule has 8 heteroatoms. The van der Waals surface area contributed by atoms with Crippen LogP contribution in [0.1, 0.15) is 29.5 Å². The maximum Gasteiger partial charge on any atom is 0.417 e. The summed E-state index contributed by atoms with van der Waals surface area (Å²) in [7, 11) is 1.53. The molecule has 2 unspecified atom stereocenters. The third-order valence-electron chi connectivity index (χ3n) is 5.70. The number of carbonyl (C=O) groups is 1. The first-order valence-electron chi connectivity index (χ1n) is 10.0. The minimum atomic E-state index is -4.56. The number of β-amino-alcohol motifs (C(OH)–C–C–N with tert-alkyl or cyclic N) is 1. The van der Waals surface area contributed by atoms with Gasteiger partial charge >= 0.3 is 6.18 Å². The summed E-state index contributed by atoms with van der Waals surface area (Å²) in [6, 6.07) is 10.6. The molecule has 2 atom stereocenters. The highest BCUT2D eigenvalue weighted by Gasteiger charge is 2.37. The molecule has 0 saturated carbocycles. The lowest BCUT2D eigenvalue weighted by Gasteiger charge is -2.27. The second-order valence-corrected chi connectivity index (χ2v) is 7.81. The molecule has 31 heavy (non-hydrogen) atoms. The lowest BCUT2D eigenvalue weighted by atomic mass is 9.97. The molecular formula is C23H23F3N2O3. The number of ether oxygens (including phenoxy) is 1. The van der Waals surface area contributed by atoms with Gasteiger partial charge in [-0.3, -0.25) is 4.79 Å². The van der Waals surface area contributed by atoms with Gasteiger partial charge in [-0.05, 0) is 47.9 Å². The summed E-state index contributed by atoms with van der Waals surface area (Å²) in [4.78, 5) is 14.6. The number of aliphatic hydroxyl groups excluding tert-OH is 1. The number of amides is 1. The highest BCUT2D eigenvalue weighted by molar-refractivity contribution is 6.07. The number of fused-ring (bicyclic) bond motifs is 1. The van der Waals surface area contributed by atoms with Gasteiger partial charge in [-0.1, -0.05) is 18.2 Å². The Bertz CT molecular complexity index is 1000. The Kier molecular flexibility index (Phi) is 5.77. The SMILES string of the molecule is COc1ccc(C2=Cc3c(cccc3C(F)(F)F)N(CC3CC(O)CN3)C(=O)C2)cc1. The highest BCUT2D eigenvalue weighted by Crippen LogP contribution is 2.41. The molecule has 2 aliphatic rings. The smallest absolute Gasteiger partial charge is 0.417 e. The Balaban J connectivity index is 1.80. The van der Waals surface area contributed by atoms with Gasteiger partial charge in [-0.25, -0.2) is 0 Å². The van der Waals surface area contributed by atoms with E-state index in [1.807, 2.05) is 0 Å². The highest BCUT2D eigenvalue weighted by atomic mass is 19.4. The number of halogens is 3. The van der Waals surface area contributed by atoms with Gasteiger partial charge in [0.05, 0.1) is 30.9 Å². The van der Waals surface area contributed by atoms with Crippen LogP contribution in [0, 0.1) is 0 Å². The Hall–Kier alpha value is -2.84. The van der Waals surface area contributed by atoms with Gasteiger partial charge in [0.1, 0.15) is 5.75 Å². The van der Waals surface area contributed by atoms with Crippen molar-refractivity contribution in [2.24, 2.45) is 0 Å². The largest absolute Gasteiger partial charge is 0.497 e. The van der Waals surface area contributed by atoms with Crippen molar-refractivity contribution in [2.45, 2.75) is 31.2 Å². The molecule has 0 bridgehead atoms. The van der Waals surface area contributed by atoms with Gasteiger partial charge in [-0.15, -0.1) is 0 Å². The molecule has 2 N–H and O–H groups in total. The molecule has 5 nitrogen and oxygen atoms in total. The lowest BCUT2D eigenvalue weighted by molar-refractivity contribution is -0.137. The van der Waals surface area contributed by atoms with Crippen molar-refractivity contribution in [3.05, 3.63) is 59.2 Å². The topological polar surface area (TPSA) is 61.8 Å². The predicted molar refractivity (Wildman–Crippen MR) is 112 cm³/mol. The van der Waals surface area contributed by atoms with Crippen LogP contribution in [0.4, 0.5) is 18.9 Å². The maximum absolute atomic E-state index is 13.8. The van der Waals surface area contributed by atoms with E-state index in [4.69, 9.17) is 4.74 Å². The van der Waals surface area contributed by atoms with E-state index in [1.54, 1.807) is 30.3 Å². The first kappa shape index (κ1) is 21.4. The number of nitrogens with one attached hydrogen (secondary N) is 1. The first-order valence-corrected chi connectivity index (χ1v) is 10.0. The van der Waals surface area contributed by atoms with E-state index in [-0.39, 0.29) is 36.2 Å². The molecule has 164 valence electrons. The number of methoxy groups -OCH3 is 1. The van der Waals surface area contributed by atoms with Crippen LogP contribution in [0.5, 0.6) is 5.75 Å². The number of nitrogens with zero attached hydrogens (tertiary/aromatic N) is 1. The minimum absolute atomic E-state index is 0.0230. The fraction of sp³-hybridized carbons (Fsp3) is 0.348. The summed E-state index contributed by atoms with van der Waals surface area (Å²) >= 11 is 0. The van der Waals surface area contributed by atoms with Crippen LogP contribution in [0.25, 0.3) is 11.6 Å². The average molecular weight is 432 g/mol. The average Bonchev–Trinajstić information content (AvgIpc) is 3.09. The zero-order valence-corrected chi connectivity index (χ0v) is 16.9. The van der Waals surface area contributed by atoms with Gasteiger partial charge < -0.3 is 20.1 Å². The van der Waals surface area contributed by atoms with E-state index in [1.165, 1.54) is 24.2 Å². The monoisotopic (exact) mass is 432 g/mol. The van der Waals surface area contributed by atoms with Gasteiger partial charge in [0.2, 0.25) is 5.91 Å². The molecule has 0 spiro atoms. The van der Waals surface area contributed by atoms with Gasteiger partial charge in [-0.2, -0.15) is 13.2 Å². The summed E-state index contributed by atoms with van der Waals surface area (Å²) in [5.74, 6) is 0.330. The standard InChI is InChI=1S/C23H23F3N2O3/c1-31-18-7-5-14(6-8-18)15-9-19-20(23(24,25)26)3-2-4-21(19)28(22(30)10-15)13-16-11-17(29)12-27-16/h2-9,16-17,27,29H,10-13H2,1H3. The van der Waals surface area contributed by atoms with Gasteiger partial charge in [0.25, 0.3) is 0 Å². The first-order chi connectivity index (χ1) is 14.8. The molecular weight excluding hydrogens is 409 g/mol. The fourth-order valence-corrected chi connectivity index (χ4v) is 4.15. The Labute approximate surface area is 178 Å². The van der Waals surface area contributed by atoms with Crippen LogP contribution >= 0.6 is 0 Å². The van der Waals surface area contributed by atoms with Crippen molar-refractivity contribution < 1.29 is 27.8 Å². The molecule has 0 aromatic heterocycles. The second kappa shape index (κ2) is 8.36. The number of anilines is 1. The van der Waals surface area contributed by atoms with Crippen LogP contribution < -0.4 is 15.0 Å². The number of aliphatic hydroxyl groups is 1. The summed E-state index contributed by atoms with van der Waals surface area (Å²) in [6.45, 7) is 0.589. The molecule has 1 fully saturated rings. The molecule has 4 rings (SSSR count). The van der Waals surface area contributed by atoms with E-state index in [0.717, 1.165) is 6.07 Å². The summed E-state index contributed by atoms with van der Waals surface area (Å²) in [5, 5.41) is 12.9. The van der Waals surface area contributed by atoms with E-state index in [0.29, 0.717) is 29.9 Å². The fourth-order valence-electron chi connectivity index (χ4n) is 4.15. The van der Waals surface area contributed by atoms with Crippen molar-refractivity contribution in [3.63, 3.8) is 0 Å². The van der Waals surface area contributed by atoms with Crippen molar-refractivity contribution in [3.8, 4) is 5.75 Å². The van der Waals surface area contributed by atoms with Crippen LogP contribution in [-0.2, 0) is 11.0 Å². The number of carbonyl (C=O) groups excluding carboxylic acids is 1. The van der Waals surface area contributed by atoms with E-state index in [9.17, 15) is 23.1 Å². The Morgan fingerprint density at radius 1 is 1.19 bits per heavy atom. The number of alkyl halides is 3. The summed E-state index contributed by atoms with van der Waals surface area (Å²) < 4.78 is 46.6. The van der Waals surface area contributed by atoms with Crippen LogP contribution in [0.15, 0.2) is 42.5 Å². The molecule has 1 amide bonds. The molecule has 2 heterocycles. The predicted octanol–water partition coefficient (Wildman–Crippen LogP) is 3.71. The third kappa shape index (κ3) is 4.45. The van der Waals surface area contributed by atoms with Crippen molar-refractivity contribution in [1.82, 2.24) is 5.32 Å². The van der Waals surface area contributed by atoms with Crippen molar-refractivity contribution >= 4 is 23.2 Å². The number of hydrogen-bond acceptors (Lipinski definition) is 4. The molecule has 0 aliphatic carbocycles. The minimum Gasteiger partial charge on any atom is -0.497 e. The summed E-state index contributed by atoms with van der Waals surface area (Å²) in [5.41, 5.74) is 0.590. The van der Waals surface area contributed by atoms with E-state index >= 15 is 0 Å². The van der Waals surface area contributed by atoms with Gasteiger partial charge in [0.15, 0.2) is 0 Å². The maximum atomic E-state index is 13.8. The Morgan fingerprint density at radius 3 is 2.55 bits per heavy atom. The van der Waals surface area contributed by atoms with Crippen molar-refractivity contribution in [1.29, 1.82) is 0 Å². The second-order valence-electron chi connectivity index (χ2n) is 7.81. The molecule has 1 saturated heterocycles. The zero-order valence-electron chi connectivity index (χ0n) is 16.9. The van der Waals surface area contributed by atoms with Crippen LogP contribution in [-0.4, -0.2) is 43.4 Å². The van der Waals surface area contributed by atoms with E-state index < -0.39 is 17.8 Å².